The second kappa shape index (κ2) is 6.16. The van der Waals surface area contributed by atoms with Crippen LogP contribution in [-0.4, -0.2) is 24.7 Å². The minimum absolute atomic E-state index is 0.0270. The molecule has 6 N–H and O–H groups in total. The van der Waals surface area contributed by atoms with Crippen molar-refractivity contribution in [1.82, 2.24) is 24.7 Å². The Kier molecular flexibility index (Phi) is 3.80. The van der Waals surface area contributed by atoms with E-state index < -0.39 is 11.6 Å². The molecule has 10 heteroatoms. The van der Waals surface area contributed by atoms with Crippen molar-refractivity contribution in [2.45, 2.75) is 6.54 Å². The lowest BCUT2D eigenvalue weighted by Gasteiger charge is -2.05. The zero-order valence-corrected chi connectivity index (χ0v) is 13.9. The lowest BCUT2D eigenvalue weighted by atomic mass is 10.2. The highest BCUT2D eigenvalue weighted by Gasteiger charge is 2.21. The first-order valence-corrected chi connectivity index (χ1v) is 7.87. The van der Waals surface area contributed by atoms with Crippen LogP contribution in [0.5, 0.6) is 0 Å². The number of nitrogens with two attached hydrogens (primary N) is 3. The van der Waals surface area contributed by atoms with Gasteiger partial charge < -0.3 is 17.2 Å². The molecule has 4 rings (SSSR count). The number of nitrogen functional groups attached to an aromatic ring is 3. The number of anilines is 3. The van der Waals surface area contributed by atoms with Gasteiger partial charge in [0.2, 0.25) is 0 Å². The van der Waals surface area contributed by atoms with E-state index in [0.29, 0.717) is 0 Å². The summed E-state index contributed by atoms with van der Waals surface area (Å²) >= 11 is 0. The van der Waals surface area contributed by atoms with Gasteiger partial charge in [0.15, 0.2) is 23.3 Å². The Morgan fingerprint density at radius 1 is 1.04 bits per heavy atom. The number of hydrogen-bond donors (Lipinski definition) is 3. The lowest BCUT2D eigenvalue weighted by molar-refractivity contribution is 0.582. The molecule has 0 aliphatic heterocycles. The third kappa shape index (κ3) is 2.86. The highest BCUT2D eigenvalue weighted by atomic mass is 19.1. The van der Waals surface area contributed by atoms with E-state index in [1.807, 2.05) is 6.07 Å². The van der Waals surface area contributed by atoms with Gasteiger partial charge in [-0.1, -0.05) is 6.07 Å². The molecule has 0 saturated heterocycles. The van der Waals surface area contributed by atoms with Crippen molar-refractivity contribution in [2.75, 3.05) is 17.2 Å². The van der Waals surface area contributed by atoms with E-state index in [9.17, 15) is 8.78 Å². The van der Waals surface area contributed by atoms with E-state index in [0.717, 1.165) is 17.7 Å². The molecule has 27 heavy (non-hydrogen) atoms. The molecule has 8 nitrogen and oxygen atoms in total. The predicted octanol–water partition coefficient (Wildman–Crippen LogP) is 1.96. The Hall–Kier alpha value is -3.82. The molecule has 0 aliphatic rings. The fourth-order valence-electron chi connectivity index (χ4n) is 2.79. The summed E-state index contributed by atoms with van der Waals surface area (Å²) in [6, 6.07) is 5.52. The van der Waals surface area contributed by atoms with Gasteiger partial charge in [-0.25, -0.2) is 18.7 Å². The van der Waals surface area contributed by atoms with Gasteiger partial charge in [-0.3, -0.25) is 9.67 Å². The van der Waals surface area contributed by atoms with Crippen LogP contribution in [0.4, 0.5) is 26.1 Å². The van der Waals surface area contributed by atoms with Crippen LogP contribution in [0.2, 0.25) is 0 Å². The fraction of sp³-hybridized carbons (Fsp3) is 0.0588. The summed E-state index contributed by atoms with van der Waals surface area (Å²) in [5.74, 6) is -1.56. The summed E-state index contributed by atoms with van der Waals surface area (Å²) in [7, 11) is 0. The minimum Gasteiger partial charge on any atom is -0.393 e. The molecule has 3 heterocycles. The Morgan fingerprint density at radius 2 is 1.78 bits per heavy atom. The molecular weight excluding hydrogens is 354 g/mol. The van der Waals surface area contributed by atoms with E-state index >= 15 is 0 Å². The Bertz CT molecular complexity index is 1130. The normalized spacial score (nSPS) is 11.2. The van der Waals surface area contributed by atoms with Gasteiger partial charge in [0.1, 0.15) is 22.7 Å². The summed E-state index contributed by atoms with van der Waals surface area (Å²) in [4.78, 5) is 12.2. The highest BCUT2D eigenvalue weighted by Crippen LogP contribution is 2.31. The number of aromatic nitrogens is 5. The van der Waals surface area contributed by atoms with Crippen molar-refractivity contribution in [3.63, 3.8) is 0 Å². The van der Waals surface area contributed by atoms with Crippen LogP contribution >= 0.6 is 0 Å². The summed E-state index contributed by atoms with van der Waals surface area (Å²) in [6.07, 6.45) is 3.25. The van der Waals surface area contributed by atoms with Crippen molar-refractivity contribution in [3.05, 3.63) is 53.9 Å². The number of benzene rings is 1. The van der Waals surface area contributed by atoms with Crippen molar-refractivity contribution >= 4 is 28.2 Å². The van der Waals surface area contributed by atoms with Crippen LogP contribution in [-0.2, 0) is 6.54 Å². The molecule has 0 unspecified atom stereocenters. The molecule has 0 bridgehead atoms. The van der Waals surface area contributed by atoms with E-state index in [1.165, 1.54) is 4.68 Å². The number of fused-ring (bicyclic) bond motifs is 1. The lowest BCUT2D eigenvalue weighted by Crippen LogP contribution is -2.07. The third-order valence-corrected chi connectivity index (χ3v) is 4.03. The van der Waals surface area contributed by atoms with Gasteiger partial charge in [-0.05, 0) is 17.7 Å². The second-order valence-corrected chi connectivity index (χ2v) is 5.88. The molecule has 0 atom stereocenters. The molecule has 0 fully saturated rings. The molecule has 3 aromatic heterocycles. The topological polar surface area (TPSA) is 135 Å². The maximum absolute atomic E-state index is 14.5. The quantitative estimate of drug-likeness (QED) is 0.503. The average Bonchev–Trinajstić information content (AvgIpc) is 2.98. The van der Waals surface area contributed by atoms with Crippen molar-refractivity contribution in [1.29, 1.82) is 0 Å². The maximum Gasteiger partial charge on any atom is 0.184 e. The molecular formula is C17H14F2N8. The van der Waals surface area contributed by atoms with E-state index in [2.05, 4.69) is 20.1 Å². The Balaban J connectivity index is 1.96. The van der Waals surface area contributed by atoms with Gasteiger partial charge in [-0.2, -0.15) is 5.10 Å². The van der Waals surface area contributed by atoms with Crippen LogP contribution in [0.1, 0.15) is 5.56 Å². The first-order valence-electron chi connectivity index (χ1n) is 7.87. The first-order chi connectivity index (χ1) is 12.9. The van der Waals surface area contributed by atoms with E-state index in [4.69, 9.17) is 17.2 Å². The highest BCUT2D eigenvalue weighted by molar-refractivity contribution is 5.93. The number of halogens is 2. The predicted molar refractivity (Wildman–Crippen MR) is 97.3 cm³/mol. The summed E-state index contributed by atoms with van der Waals surface area (Å²) in [6.45, 7) is 0.215. The first kappa shape index (κ1) is 16.6. The number of rotatable bonds is 3. The van der Waals surface area contributed by atoms with Crippen LogP contribution < -0.4 is 17.2 Å². The molecule has 4 aromatic rings. The van der Waals surface area contributed by atoms with Crippen molar-refractivity contribution < 1.29 is 8.78 Å². The van der Waals surface area contributed by atoms with Gasteiger partial charge in [0.05, 0.1) is 6.54 Å². The van der Waals surface area contributed by atoms with Gasteiger partial charge in [0, 0.05) is 23.8 Å². The van der Waals surface area contributed by atoms with Crippen LogP contribution in [0.3, 0.4) is 0 Å². The number of nitrogens with zero attached hydrogens (tertiary/aromatic N) is 5. The molecule has 0 saturated carbocycles. The van der Waals surface area contributed by atoms with Crippen molar-refractivity contribution in [3.8, 4) is 11.5 Å². The SMILES string of the molecule is Nc1nc(-c2nn(Cc3cccnc3)c3c(F)cc(F)cc23)nc(N)c1N. The van der Waals surface area contributed by atoms with Gasteiger partial charge in [-0.15, -0.1) is 0 Å². The van der Waals surface area contributed by atoms with Gasteiger partial charge in [0.25, 0.3) is 0 Å². The third-order valence-electron chi connectivity index (χ3n) is 4.03. The maximum atomic E-state index is 14.5. The summed E-state index contributed by atoms with van der Waals surface area (Å²) in [5, 5.41) is 4.57. The largest absolute Gasteiger partial charge is 0.393 e. The van der Waals surface area contributed by atoms with Crippen LogP contribution in [0, 0.1) is 11.6 Å². The molecule has 0 radical (unpaired) electrons. The fourth-order valence-corrected chi connectivity index (χ4v) is 2.79. The zero-order chi connectivity index (χ0) is 19.1. The second-order valence-electron chi connectivity index (χ2n) is 5.88. The molecule has 0 aliphatic carbocycles. The number of hydrogen-bond acceptors (Lipinski definition) is 7. The van der Waals surface area contributed by atoms with Crippen LogP contribution in [0.25, 0.3) is 22.4 Å². The molecule has 0 spiro atoms. The Labute approximate surface area is 151 Å². The van der Waals surface area contributed by atoms with E-state index in [-0.39, 0.29) is 46.3 Å². The number of pyridine rings is 1. The van der Waals surface area contributed by atoms with Crippen LogP contribution in [0.15, 0.2) is 36.7 Å². The molecule has 136 valence electrons. The smallest absolute Gasteiger partial charge is 0.184 e. The average molecular weight is 368 g/mol. The zero-order valence-electron chi connectivity index (χ0n) is 13.9. The molecule has 0 amide bonds. The summed E-state index contributed by atoms with van der Waals surface area (Å²) in [5.41, 5.74) is 18.2. The monoisotopic (exact) mass is 368 g/mol. The standard InChI is InChI=1S/C17H14F2N8/c18-9-4-10-13(17-24-15(21)12(20)16(22)25-17)26-27(14(10)11(19)5-9)7-8-2-1-3-23-6-8/h1-6H,7,20H2,(H4,21,22,24,25). The minimum atomic E-state index is -0.760. The summed E-state index contributed by atoms with van der Waals surface area (Å²) < 4.78 is 29.8. The van der Waals surface area contributed by atoms with Crippen molar-refractivity contribution in [2.24, 2.45) is 0 Å². The van der Waals surface area contributed by atoms with E-state index in [1.54, 1.807) is 18.5 Å². The Morgan fingerprint density at radius 3 is 2.44 bits per heavy atom. The van der Waals surface area contributed by atoms with Gasteiger partial charge >= 0.3 is 0 Å². The molecule has 1 aromatic carbocycles.